The van der Waals surface area contributed by atoms with Crippen molar-refractivity contribution < 1.29 is 4.74 Å². The van der Waals surface area contributed by atoms with E-state index in [1.165, 1.54) is 25.7 Å². The van der Waals surface area contributed by atoms with Crippen molar-refractivity contribution in [3.8, 4) is 0 Å². The summed E-state index contributed by atoms with van der Waals surface area (Å²) in [7, 11) is 0. The fourth-order valence-electron chi connectivity index (χ4n) is 1.92. The maximum atomic E-state index is 5.75. The van der Waals surface area contributed by atoms with Gasteiger partial charge < -0.3 is 10.5 Å². The third-order valence-electron chi connectivity index (χ3n) is 2.82. The van der Waals surface area contributed by atoms with Gasteiger partial charge in [-0.1, -0.05) is 12.8 Å². The van der Waals surface area contributed by atoms with Gasteiger partial charge in [-0.2, -0.15) is 0 Å². The van der Waals surface area contributed by atoms with Crippen molar-refractivity contribution in [3.05, 3.63) is 0 Å². The maximum absolute atomic E-state index is 5.75. The molecule has 2 fully saturated rings. The highest BCUT2D eigenvalue weighted by Gasteiger charge is 2.40. The molecule has 12 heavy (non-hydrogen) atoms. The molecule has 0 radical (unpaired) electrons. The third kappa shape index (κ3) is 1.63. The van der Waals surface area contributed by atoms with E-state index in [2.05, 4.69) is 11.8 Å². The van der Waals surface area contributed by atoms with Crippen molar-refractivity contribution in [2.45, 2.75) is 35.7 Å². The normalized spacial score (nSPS) is 28.8. The van der Waals surface area contributed by atoms with E-state index in [0.717, 1.165) is 25.0 Å². The standard InChI is InChI=1S/C9H17NOS/c10-5-9(6-11-7-9)12-8-3-1-2-4-8/h8H,1-7,10H2. The molecule has 70 valence electrons. The number of hydrogen-bond acceptors (Lipinski definition) is 3. The van der Waals surface area contributed by atoms with Gasteiger partial charge in [0, 0.05) is 11.8 Å². The number of nitrogens with two attached hydrogens (primary N) is 1. The summed E-state index contributed by atoms with van der Waals surface area (Å²) in [6, 6.07) is 0. The smallest absolute Gasteiger partial charge is 0.0750 e. The third-order valence-corrected chi connectivity index (χ3v) is 4.53. The van der Waals surface area contributed by atoms with Crippen LogP contribution in [0.5, 0.6) is 0 Å². The molecule has 1 aliphatic carbocycles. The molecule has 1 saturated carbocycles. The van der Waals surface area contributed by atoms with Crippen molar-refractivity contribution in [2.24, 2.45) is 5.73 Å². The molecule has 0 amide bonds. The first-order chi connectivity index (χ1) is 5.85. The molecule has 1 aliphatic heterocycles. The van der Waals surface area contributed by atoms with Crippen molar-refractivity contribution in [3.63, 3.8) is 0 Å². The fourth-order valence-corrected chi connectivity index (χ4v) is 3.60. The lowest BCUT2D eigenvalue weighted by Gasteiger charge is -2.41. The maximum Gasteiger partial charge on any atom is 0.0750 e. The van der Waals surface area contributed by atoms with E-state index in [9.17, 15) is 0 Å². The van der Waals surface area contributed by atoms with E-state index in [1.54, 1.807) is 0 Å². The second-order valence-corrected chi connectivity index (χ2v) is 5.67. The molecule has 0 unspecified atom stereocenters. The Labute approximate surface area is 78.2 Å². The van der Waals surface area contributed by atoms with E-state index in [4.69, 9.17) is 10.5 Å². The minimum atomic E-state index is 0.301. The van der Waals surface area contributed by atoms with Gasteiger partial charge in [-0.05, 0) is 12.8 Å². The molecule has 0 aromatic rings. The van der Waals surface area contributed by atoms with Crippen LogP contribution >= 0.6 is 11.8 Å². The highest BCUT2D eigenvalue weighted by atomic mass is 32.2. The van der Waals surface area contributed by atoms with Crippen molar-refractivity contribution >= 4 is 11.8 Å². The lowest BCUT2D eigenvalue weighted by atomic mass is 10.1. The van der Waals surface area contributed by atoms with Crippen LogP contribution in [0.25, 0.3) is 0 Å². The van der Waals surface area contributed by atoms with Gasteiger partial charge in [-0.25, -0.2) is 0 Å². The zero-order valence-corrected chi connectivity index (χ0v) is 8.24. The average molecular weight is 187 g/mol. The van der Waals surface area contributed by atoms with E-state index in [1.807, 2.05) is 0 Å². The lowest BCUT2D eigenvalue weighted by molar-refractivity contribution is -0.00460. The Hall–Kier alpha value is 0.270. The van der Waals surface area contributed by atoms with E-state index >= 15 is 0 Å². The molecule has 0 spiro atoms. The Kier molecular flexibility index (Phi) is 2.63. The SMILES string of the molecule is NCC1(SC2CCCC2)COC1. The molecule has 3 heteroatoms. The molecule has 2 N–H and O–H groups in total. The summed E-state index contributed by atoms with van der Waals surface area (Å²) in [5, 5.41) is 0.873. The first-order valence-electron chi connectivity index (χ1n) is 4.80. The second kappa shape index (κ2) is 3.56. The molecule has 1 saturated heterocycles. The first-order valence-corrected chi connectivity index (χ1v) is 5.68. The van der Waals surface area contributed by atoms with Gasteiger partial charge >= 0.3 is 0 Å². The molecule has 2 aliphatic rings. The van der Waals surface area contributed by atoms with Gasteiger partial charge in [0.15, 0.2) is 0 Å². The summed E-state index contributed by atoms with van der Waals surface area (Å²) in [5.41, 5.74) is 5.75. The van der Waals surface area contributed by atoms with Crippen molar-refractivity contribution in [2.75, 3.05) is 19.8 Å². The van der Waals surface area contributed by atoms with Gasteiger partial charge in [-0.15, -0.1) is 11.8 Å². The summed E-state index contributed by atoms with van der Waals surface area (Å²) in [6.45, 7) is 2.55. The number of ether oxygens (including phenoxy) is 1. The lowest BCUT2D eigenvalue weighted by Crippen LogP contribution is -2.53. The first kappa shape index (κ1) is 8.85. The van der Waals surface area contributed by atoms with Crippen LogP contribution in [0.2, 0.25) is 0 Å². The van der Waals surface area contributed by atoms with Crippen LogP contribution in [-0.4, -0.2) is 29.8 Å². The Balaban J connectivity index is 1.83. The van der Waals surface area contributed by atoms with Crippen LogP contribution in [0.15, 0.2) is 0 Å². The van der Waals surface area contributed by atoms with Crippen LogP contribution in [-0.2, 0) is 4.74 Å². The Morgan fingerprint density at radius 3 is 2.42 bits per heavy atom. The largest absolute Gasteiger partial charge is 0.378 e. The predicted octanol–water partition coefficient (Wildman–Crippen LogP) is 1.39. The molecule has 0 bridgehead atoms. The Morgan fingerprint density at radius 2 is 2.00 bits per heavy atom. The molecule has 2 rings (SSSR count). The Bertz CT molecular complexity index is 147. The minimum Gasteiger partial charge on any atom is -0.378 e. The average Bonchev–Trinajstić information content (AvgIpc) is 2.49. The summed E-state index contributed by atoms with van der Waals surface area (Å²) in [5.74, 6) is 0. The van der Waals surface area contributed by atoms with Gasteiger partial charge in [0.05, 0.1) is 18.0 Å². The summed E-state index contributed by atoms with van der Waals surface area (Å²) >= 11 is 2.09. The topological polar surface area (TPSA) is 35.2 Å². The predicted molar refractivity (Wildman–Crippen MR) is 52.5 cm³/mol. The van der Waals surface area contributed by atoms with Gasteiger partial charge in [-0.3, -0.25) is 0 Å². The highest BCUT2D eigenvalue weighted by molar-refractivity contribution is 8.01. The van der Waals surface area contributed by atoms with E-state index < -0.39 is 0 Å². The second-order valence-electron chi connectivity index (χ2n) is 3.90. The Morgan fingerprint density at radius 1 is 1.33 bits per heavy atom. The molecule has 0 aromatic heterocycles. The van der Waals surface area contributed by atoms with Crippen molar-refractivity contribution in [1.29, 1.82) is 0 Å². The molecule has 2 nitrogen and oxygen atoms in total. The van der Waals surface area contributed by atoms with Gasteiger partial charge in [0.2, 0.25) is 0 Å². The number of thioether (sulfide) groups is 1. The van der Waals surface area contributed by atoms with Crippen LogP contribution < -0.4 is 5.73 Å². The fraction of sp³-hybridized carbons (Fsp3) is 1.00. The summed E-state index contributed by atoms with van der Waals surface area (Å²) < 4.78 is 5.54. The monoisotopic (exact) mass is 187 g/mol. The molecular weight excluding hydrogens is 170 g/mol. The number of rotatable bonds is 3. The zero-order chi connectivity index (χ0) is 8.44. The highest BCUT2D eigenvalue weighted by Crippen LogP contribution is 2.41. The number of hydrogen-bond donors (Lipinski definition) is 1. The van der Waals surface area contributed by atoms with Crippen LogP contribution in [0.3, 0.4) is 0 Å². The van der Waals surface area contributed by atoms with Crippen LogP contribution in [0, 0.1) is 0 Å². The molecule has 0 aromatic carbocycles. The van der Waals surface area contributed by atoms with E-state index in [-0.39, 0.29) is 0 Å². The van der Waals surface area contributed by atoms with Crippen molar-refractivity contribution in [1.82, 2.24) is 0 Å². The molecular formula is C9H17NOS. The molecule has 0 atom stereocenters. The summed E-state index contributed by atoms with van der Waals surface area (Å²) in [6.07, 6.45) is 5.62. The minimum absolute atomic E-state index is 0.301. The van der Waals surface area contributed by atoms with Crippen LogP contribution in [0.1, 0.15) is 25.7 Å². The quantitative estimate of drug-likeness (QED) is 0.725. The summed E-state index contributed by atoms with van der Waals surface area (Å²) in [4.78, 5) is 0. The van der Waals surface area contributed by atoms with Gasteiger partial charge in [0.25, 0.3) is 0 Å². The zero-order valence-electron chi connectivity index (χ0n) is 7.42. The van der Waals surface area contributed by atoms with Gasteiger partial charge in [0.1, 0.15) is 0 Å². The molecule has 1 heterocycles. The van der Waals surface area contributed by atoms with E-state index in [0.29, 0.717) is 4.75 Å². The van der Waals surface area contributed by atoms with Crippen LogP contribution in [0.4, 0.5) is 0 Å².